The van der Waals surface area contributed by atoms with Crippen molar-refractivity contribution in [2.24, 2.45) is 0 Å². The number of hydrogen-bond donors (Lipinski definition) is 0. The van der Waals surface area contributed by atoms with Crippen molar-refractivity contribution in [1.82, 2.24) is 9.21 Å². The summed E-state index contributed by atoms with van der Waals surface area (Å²) in [5.74, 6) is -2.41. The summed E-state index contributed by atoms with van der Waals surface area (Å²) in [6.45, 7) is 0.684. The number of sulfonamides is 1. The molecule has 0 N–H and O–H groups in total. The number of alkyl halides is 1. The Kier molecular flexibility index (Phi) is 5.88. The smallest absolute Gasteiger partial charge is 0.245 e. The zero-order chi connectivity index (χ0) is 15.5. The molecule has 20 heavy (non-hydrogen) atoms. The van der Waals surface area contributed by atoms with Gasteiger partial charge in [0.1, 0.15) is 10.7 Å². The third-order valence-electron chi connectivity index (χ3n) is 2.83. The fourth-order valence-corrected chi connectivity index (χ4v) is 3.02. The van der Waals surface area contributed by atoms with Gasteiger partial charge in [-0.2, -0.15) is 4.31 Å². The second-order valence-corrected chi connectivity index (χ2v) is 6.88. The Morgan fingerprint density at radius 3 is 2.25 bits per heavy atom. The normalized spacial score (nSPS) is 12.4. The predicted molar refractivity (Wildman–Crippen MR) is 74.3 cm³/mol. The average molecular weight is 327 g/mol. The molecule has 0 atom stereocenters. The van der Waals surface area contributed by atoms with Crippen LogP contribution >= 0.6 is 11.6 Å². The zero-order valence-corrected chi connectivity index (χ0v) is 13.1. The van der Waals surface area contributed by atoms with Crippen LogP contribution in [0, 0.1) is 11.6 Å². The molecule has 0 spiro atoms. The molecular formula is C12H17ClF2N2O2S. The molecule has 1 rings (SSSR count). The van der Waals surface area contributed by atoms with Crippen LogP contribution in [0.2, 0.25) is 0 Å². The van der Waals surface area contributed by atoms with Gasteiger partial charge in [0.05, 0.1) is 5.88 Å². The van der Waals surface area contributed by atoms with Crippen LogP contribution in [-0.4, -0.2) is 51.9 Å². The molecule has 0 bridgehead atoms. The van der Waals surface area contributed by atoms with Crippen molar-refractivity contribution >= 4 is 21.6 Å². The number of halogens is 3. The maximum absolute atomic E-state index is 14.0. The molecule has 0 fully saturated rings. The molecule has 1 aromatic rings. The van der Waals surface area contributed by atoms with Crippen LogP contribution in [0.4, 0.5) is 8.78 Å². The van der Waals surface area contributed by atoms with E-state index in [0.717, 1.165) is 16.4 Å². The van der Waals surface area contributed by atoms with Gasteiger partial charge in [-0.15, -0.1) is 11.6 Å². The second kappa shape index (κ2) is 6.80. The first-order valence-corrected chi connectivity index (χ1v) is 7.83. The van der Waals surface area contributed by atoms with Gasteiger partial charge in [0.15, 0.2) is 5.82 Å². The van der Waals surface area contributed by atoms with E-state index in [0.29, 0.717) is 6.54 Å². The highest BCUT2D eigenvalue weighted by Gasteiger charge is 2.27. The second-order valence-electron chi connectivity index (χ2n) is 4.60. The summed E-state index contributed by atoms with van der Waals surface area (Å²) in [4.78, 5) is 1.24. The molecule has 0 saturated carbocycles. The molecule has 0 aliphatic heterocycles. The topological polar surface area (TPSA) is 40.6 Å². The van der Waals surface area contributed by atoms with Gasteiger partial charge < -0.3 is 4.90 Å². The number of benzene rings is 1. The van der Waals surface area contributed by atoms with E-state index in [4.69, 9.17) is 11.6 Å². The van der Waals surface area contributed by atoms with E-state index < -0.39 is 38.0 Å². The van der Waals surface area contributed by atoms with Gasteiger partial charge in [-0.1, -0.05) is 0 Å². The molecular weight excluding hydrogens is 310 g/mol. The Hall–Kier alpha value is -0.760. The molecule has 1 aromatic carbocycles. The third kappa shape index (κ3) is 3.66. The molecule has 0 aromatic heterocycles. The van der Waals surface area contributed by atoms with Crippen molar-refractivity contribution in [2.45, 2.75) is 10.8 Å². The molecule has 8 heteroatoms. The fourth-order valence-electron chi connectivity index (χ4n) is 1.53. The molecule has 114 valence electrons. The highest BCUT2D eigenvalue weighted by atomic mass is 35.5. The fraction of sp³-hybridized carbons (Fsp3) is 0.500. The summed E-state index contributed by atoms with van der Waals surface area (Å²) in [6, 6.07) is 1.83. The number of hydrogen-bond acceptors (Lipinski definition) is 3. The molecule has 0 unspecified atom stereocenters. The lowest BCUT2D eigenvalue weighted by Gasteiger charge is -2.20. The molecule has 0 heterocycles. The van der Waals surface area contributed by atoms with Crippen LogP contribution in [0.15, 0.2) is 17.0 Å². The largest absolute Gasteiger partial charge is 0.308 e. The summed E-state index contributed by atoms with van der Waals surface area (Å²) in [5.41, 5.74) is -0.436. The monoisotopic (exact) mass is 326 g/mol. The standard InChI is InChI=1S/C12H17ClF2N2O2S/c1-16(2)6-7-17(3)20(18,19)11-5-4-10(14)9(8-13)12(11)15/h4-5H,6-8H2,1-3H3. The van der Waals surface area contributed by atoms with Crippen molar-refractivity contribution in [2.75, 3.05) is 34.2 Å². The maximum atomic E-state index is 14.0. The summed E-state index contributed by atoms with van der Waals surface area (Å²) in [5, 5.41) is 0. The minimum absolute atomic E-state index is 0.197. The highest BCUT2D eigenvalue weighted by molar-refractivity contribution is 7.89. The van der Waals surface area contributed by atoms with E-state index in [1.54, 1.807) is 19.0 Å². The van der Waals surface area contributed by atoms with Crippen molar-refractivity contribution in [1.29, 1.82) is 0 Å². The molecule has 0 amide bonds. The van der Waals surface area contributed by atoms with E-state index in [9.17, 15) is 17.2 Å². The van der Waals surface area contributed by atoms with Crippen LogP contribution in [0.25, 0.3) is 0 Å². The molecule has 0 aliphatic rings. The van der Waals surface area contributed by atoms with Gasteiger partial charge in [0.2, 0.25) is 10.0 Å². The molecule has 4 nitrogen and oxygen atoms in total. The summed E-state index contributed by atoms with van der Waals surface area (Å²) >= 11 is 5.45. The summed E-state index contributed by atoms with van der Waals surface area (Å²) in [7, 11) is 0.933. The Labute approximate surface area is 123 Å². The lowest BCUT2D eigenvalue weighted by atomic mass is 10.2. The highest BCUT2D eigenvalue weighted by Crippen LogP contribution is 2.24. The molecule has 0 aliphatic carbocycles. The Morgan fingerprint density at radius 2 is 1.75 bits per heavy atom. The van der Waals surface area contributed by atoms with Gasteiger partial charge in [0, 0.05) is 25.7 Å². The first-order valence-electron chi connectivity index (χ1n) is 5.85. The summed E-state index contributed by atoms with van der Waals surface area (Å²) < 4.78 is 52.9. The lowest BCUT2D eigenvalue weighted by molar-refractivity contribution is 0.357. The minimum atomic E-state index is -4.01. The summed E-state index contributed by atoms with van der Waals surface area (Å²) in [6.07, 6.45) is 0. The SMILES string of the molecule is CN(C)CCN(C)S(=O)(=O)c1ccc(F)c(CCl)c1F. The van der Waals surface area contributed by atoms with Crippen LogP contribution in [0.3, 0.4) is 0 Å². The van der Waals surface area contributed by atoms with E-state index in [1.807, 2.05) is 0 Å². The Balaban J connectivity index is 3.16. The van der Waals surface area contributed by atoms with Crippen LogP contribution < -0.4 is 0 Å². The Morgan fingerprint density at radius 1 is 1.15 bits per heavy atom. The first kappa shape index (κ1) is 17.3. The minimum Gasteiger partial charge on any atom is -0.308 e. The van der Waals surface area contributed by atoms with E-state index in [1.165, 1.54) is 7.05 Å². The zero-order valence-electron chi connectivity index (χ0n) is 11.5. The van der Waals surface area contributed by atoms with E-state index >= 15 is 0 Å². The van der Waals surface area contributed by atoms with Crippen LogP contribution in [0.5, 0.6) is 0 Å². The molecule has 0 saturated heterocycles. The number of nitrogens with zero attached hydrogens (tertiary/aromatic N) is 2. The van der Waals surface area contributed by atoms with Crippen LogP contribution in [-0.2, 0) is 15.9 Å². The van der Waals surface area contributed by atoms with E-state index in [-0.39, 0.29) is 6.54 Å². The van der Waals surface area contributed by atoms with Gasteiger partial charge in [-0.25, -0.2) is 17.2 Å². The van der Waals surface area contributed by atoms with Crippen molar-refractivity contribution in [3.05, 3.63) is 29.3 Å². The number of likely N-dealkylation sites (N-methyl/N-ethyl adjacent to an activating group) is 2. The molecule has 0 radical (unpaired) electrons. The van der Waals surface area contributed by atoms with Gasteiger partial charge in [-0.3, -0.25) is 0 Å². The Bertz CT molecular complexity index is 579. The van der Waals surface area contributed by atoms with Crippen molar-refractivity contribution < 1.29 is 17.2 Å². The van der Waals surface area contributed by atoms with E-state index in [2.05, 4.69) is 0 Å². The lowest BCUT2D eigenvalue weighted by Crippen LogP contribution is -2.34. The average Bonchev–Trinajstić information content (AvgIpc) is 2.35. The van der Waals surface area contributed by atoms with Gasteiger partial charge in [0.25, 0.3) is 0 Å². The maximum Gasteiger partial charge on any atom is 0.245 e. The quantitative estimate of drug-likeness (QED) is 0.750. The number of rotatable bonds is 6. The van der Waals surface area contributed by atoms with Crippen molar-refractivity contribution in [3.63, 3.8) is 0 Å². The van der Waals surface area contributed by atoms with Gasteiger partial charge in [-0.05, 0) is 26.2 Å². The predicted octanol–water partition coefficient (Wildman–Crippen LogP) is 1.89. The first-order chi connectivity index (χ1) is 9.21. The third-order valence-corrected chi connectivity index (χ3v) is 4.98. The van der Waals surface area contributed by atoms with Crippen LogP contribution in [0.1, 0.15) is 5.56 Å². The van der Waals surface area contributed by atoms with Gasteiger partial charge >= 0.3 is 0 Å². The van der Waals surface area contributed by atoms with Crippen molar-refractivity contribution in [3.8, 4) is 0 Å².